The van der Waals surface area contributed by atoms with E-state index in [1.165, 1.54) is 96.3 Å². The van der Waals surface area contributed by atoms with Gasteiger partial charge in [0.15, 0.2) is 0 Å². The summed E-state index contributed by atoms with van der Waals surface area (Å²) in [7, 11) is 2.20. The fourth-order valence-corrected chi connectivity index (χ4v) is 6.21. The highest BCUT2D eigenvalue weighted by atomic mass is 16.4. The van der Waals surface area contributed by atoms with Crippen LogP contribution < -0.4 is 0 Å². The van der Waals surface area contributed by atoms with Crippen LogP contribution in [0.15, 0.2) is 0 Å². The number of unbranched alkanes of at least 4 members (excludes halogenated alkanes) is 15. The Morgan fingerprint density at radius 1 is 0.727 bits per heavy atom. The Kier molecular flexibility index (Phi) is 14.9. The normalized spacial score (nSPS) is 19.6. The van der Waals surface area contributed by atoms with Gasteiger partial charge in [-0.1, -0.05) is 110 Å². The fourth-order valence-electron chi connectivity index (χ4n) is 6.21. The molecule has 1 N–H and O–H groups in total. The molecule has 0 saturated carbocycles. The van der Waals surface area contributed by atoms with Crippen molar-refractivity contribution in [3.63, 3.8) is 0 Å². The number of likely N-dealkylation sites (tertiary alicyclic amines) is 1. The lowest BCUT2D eigenvalue weighted by atomic mass is 9.68. The predicted octanol–water partition coefficient (Wildman–Crippen LogP) is 9.24. The zero-order chi connectivity index (χ0) is 24.7. The van der Waals surface area contributed by atoms with E-state index < -0.39 is 5.97 Å². The minimum atomic E-state index is -0.572. The predicted molar refractivity (Wildman–Crippen MR) is 144 cm³/mol. The monoisotopic (exact) mass is 465 g/mol. The maximum absolute atomic E-state index is 12.1. The van der Waals surface area contributed by atoms with Crippen molar-refractivity contribution in [2.45, 2.75) is 168 Å². The summed E-state index contributed by atoms with van der Waals surface area (Å²) in [4.78, 5) is 14.5. The molecule has 0 aromatic rings. The number of hydrogen-bond acceptors (Lipinski definition) is 2. The van der Waals surface area contributed by atoms with E-state index in [0.717, 1.165) is 25.7 Å². The molecule has 1 heterocycles. The van der Waals surface area contributed by atoms with Gasteiger partial charge < -0.3 is 5.11 Å². The third-order valence-electron chi connectivity index (χ3n) is 8.59. The van der Waals surface area contributed by atoms with Gasteiger partial charge >= 0.3 is 5.97 Å². The van der Waals surface area contributed by atoms with Crippen LogP contribution in [-0.4, -0.2) is 34.1 Å². The Balaban J connectivity index is 2.09. The second kappa shape index (κ2) is 16.2. The molecular formula is C30H59NO2. The molecule has 0 amide bonds. The molecule has 1 saturated heterocycles. The number of aliphatic carboxylic acids is 1. The smallest absolute Gasteiger partial charge is 0.306 e. The topological polar surface area (TPSA) is 40.5 Å². The van der Waals surface area contributed by atoms with Crippen molar-refractivity contribution in [3.8, 4) is 0 Å². The molecular weight excluding hydrogens is 406 g/mol. The number of piperidine rings is 1. The van der Waals surface area contributed by atoms with Gasteiger partial charge in [0.05, 0.1) is 5.92 Å². The SMILES string of the molecule is CCCCCCCCCCCCCCCCCCC(C(=O)O)C1CC(C)(C)N(C)C(C)(C)C1. The fraction of sp³-hybridized carbons (Fsp3) is 0.967. The van der Waals surface area contributed by atoms with E-state index >= 15 is 0 Å². The minimum absolute atomic E-state index is 0.0642. The van der Waals surface area contributed by atoms with Crippen LogP contribution in [0.3, 0.4) is 0 Å². The molecule has 0 aliphatic carbocycles. The molecule has 1 fully saturated rings. The van der Waals surface area contributed by atoms with Crippen LogP contribution in [0.25, 0.3) is 0 Å². The van der Waals surface area contributed by atoms with Gasteiger partial charge in [-0.25, -0.2) is 0 Å². The highest BCUT2D eigenvalue weighted by molar-refractivity contribution is 5.70. The lowest BCUT2D eigenvalue weighted by Gasteiger charge is -2.54. The Hall–Kier alpha value is -0.570. The number of hydrogen-bond donors (Lipinski definition) is 1. The molecule has 196 valence electrons. The molecule has 0 bridgehead atoms. The van der Waals surface area contributed by atoms with Gasteiger partial charge in [0.2, 0.25) is 0 Å². The molecule has 1 aliphatic heterocycles. The average molecular weight is 466 g/mol. The van der Waals surface area contributed by atoms with E-state index in [9.17, 15) is 9.90 Å². The number of carbonyl (C=O) groups is 1. The summed E-state index contributed by atoms with van der Waals surface area (Å²) >= 11 is 0. The van der Waals surface area contributed by atoms with E-state index in [0.29, 0.717) is 5.92 Å². The van der Waals surface area contributed by atoms with Crippen molar-refractivity contribution in [2.24, 2.45) is 11.8 Å². The van der Waals surface area contributed by atoms with Crippen molar-refractivity contribution < 1.29 is 9.90 Å². The molecule has 0 aromatic carbocycles. The van der Waals surface area contributed by atoms with E-state index in [1.54, 1.807) is 0 Å². The van der Waals surface area contributed by atoms with Crippen LogP contribution in [0.4, 0.5) is 0 Å². The van der Waals surface area contributed by atoms with Crippen molar-refractivity contribution in [1.82, 2.24) is 4.90 Å². The lowest BCUT2D eigenvalue weighted by molar-refractivity contribution is -0.147. The summed E-state index contributed by atoms with van der Waals surface area (Å²) in [5, 5.41) is 9.94. The Morgan fingerprint density at radius 3 is 1.39 bits per heavy atom. The van der Waals surface area contributed by atoms with Crippen LogP contribution in [0.1, 0.15) is 157 Å². The van der Waals surface area contributed by atoms with Crippen molar-refractivity contribution in [2.75, 3.05) is 7.05 Å². The second-order valence-electron chi connectivity index (χ2n) is 12.4. The average Bonchev–Trinajstić information content (AvgIpc) is 2.73. The van der Waals surface area contributed by atoms with Gasteiger partial charge in [-0.05, 0) is 59.9 Å². The molecule has 0 spiro atoms. The van der Waals surface area contributed by atoms with Gasteiger partial charge in [0.1, 0.15) is 0 Å². The summed E-state index contributed by atoms with van der Waals surface area (Å²) in [6.45, 7) is 11.4. The van der Waals surface area contributed by atoms with E-state index in [1.807, 2.05) is 0 Å². The third-order valence-corrected chi connectivity index (χ3v) is 8.59. The number of rotatable bonds is 19. The van der Waals surface area contributed by atoms with Gasteiger partial charge in [-0.3, -0.25) is 9.69 Å². The maximum Gasteiger partial charge on any atom is 0.306 e. The number of nitrogens with zero attached hydrogens (tertiary/aromatic N) is 1. The Bertz CT molecular complexity index is 495. The Labute approximate surface area is 207 Å². The van der Waals surface area contributed by atoms with E-state index in [4.69, 9.17) is 0 Å². The van der Waals surface area contributed by atoms with Crippen molar-refractivity contribution in [1.29, 1.82) is 0 Å². The molecule has 1 atom stereocenters. The second-order valence-corrected chi connectivity index (χ2v) is 12.4. The van der Waals surface area contributed by atoms with Crippen LogP contribution in [0.5, 0.6) is 0 Å². The standard InChI is InChI=1S/C30H59NO2/c1-7-8-9-10-11-12-13-14-15-16-17-18-19-20-21-22-23-27(28(32)33)26-24-29(2,3)31(6)30(4,5)25-26/h26-27H,7-25H2,1-6H3,(H,32,33). The first-order valence-corrected chi connectivity index (χ1v) is 14.6. The molecule has 0 aromatic heterocycles. The largest absolute Gasteiger partial charge is 0.481 e. The van der Waals surface area contributed by atoms with Gasteiger partial charge in [0.25, 0.3) is 0 Å². The van der Waals surface area contributed by atoms with Gasteiger partial charge in [0, 0.05) is 11.1 Å². The summed E-state index contributed by atoms with van der Waals surface area (Å²) in [5.41, 5.74) is 0.128. The highest BCUT2D eigenvalue weighted by Gasteiger charge is 2.46. The molecule has 33 heavy (non-hydrogen) atoms. The highest BCUT2D eigenvalue weighted by Crippen LogP contribution is 2.44. The molecule has 1 aliphatic rings. The maximum atomic E-state index is 12.1. The van der Waals surface area contributed by atoms with Crippen LogP contribution >= 0.6 is 0 Å². The number of carboxylic acids is 1. The summed E-state index contributed by atoms with van der Waals surface area (Å²) < 4.78 is 0. The molecule has 0 radical (unpaired) electrons. The summed E-state index contributed by atoms with van der Waals surface area (Å²) in [6, 6.07) is 0. The molecule has 3 nitrogen and oxygen atoms in total. The zero-order valence-corrected chi connectivity index (χ0v) is 23.4. The zero-order valence-electron chi connectivity index (χ0n) is 23.4. The van der Waals surface area contributed by atoms with Crippen LogP contribution in [-0.2, 0) is 4.79 Å². The van der Waals surface area contributed by atoms with Crippen LogP contribution in [0.2, 0.25) is 0 Å². The summed E-state index contributed by atoms with van der Waals surface area (Å²) in [5.74, 6) is -0.457. The van der Waals surface area contributed by atoms with Gasteiger partial charge in [-0.15, -0.1) is 0 Å². The first kappa shape index (κ1) is 30.5. The first-order chi connectivity index (χ1) is 15.6. The van der Waals surface area contributed by atoms with Crippen molar-refractivity contribution in [3.05, 3.63) is 0 Å². The molecule has 1 rings (SSSR count). The first-order valence-electron chi connectivity index (χ1n) is 14.6. The Morgan fingerprint density at radius 2 is 1.06 bits per heavy atom. The number of carboxylic acid groups (broad SMARTS) is 1. The summed E-state index contributed by atoms with van der Waals surface area (Å²) in [6.07, 6.45) is 24.6. The molecule has 3 heteroatoms. The molecule has 1 unspecified atom stereocenters. The lowest BCUT2D eigenvalue weighted by Crippen LogP contribution is -2.59. The quantitative estimate of drug-likeness (QED) is 0.193. The van der Waals surface area contributed by atoms with Crippen molar-refractivity contribution >= 4 is 5.97 Å². The van der Waals surface area contributed by atoms with E-state index in [-0.39, 0.29) is 17.0 Å². The third kappa shape index (κ3) is 12.1. The van der Waals surface area contributed by atoms with Gasteiger partial charge in [-0.2, -0.15) is 0 Å². The van der Waals surface area contributed by atoms with E-state index in [2.05, 4.69) is 46.6 Å². The minimum Gasteiger partial charge on any atom is -0.481 e. The van der Waals surface area contributed by atoms with Crippen LogP contribution in [0, 0.1) is 11.8 Å².